The van der Waals surface area contributed by atoms with Gasteiger partial charge in [-0.2, -0.15) is 5.10 Å². The van der Waals surface area contributed by atoms with Gasteiger partial charge in [0.15, 0.2) is 0 Å². The van der Waals surface area contributed by atoms with E-state index >= 15 is 0 Å². The molecular formula is C27H26BrN5O. The first-order valence-corrected chi connectivity index (χ1v) is 12.7. The smallest absolute Gasteiger partial charge is 0.273 e. The number of aromatic nitrogens is 4. The van der Waals surface area contributed by atoms with Gasteiger partial charge in [0.2, 0.25) is 0 Å². The Hall–Kier alpha value is -3.19. The Morgan fingerprint density at radius 1 is 1.00 bits per heavy atom. The van der Waals surface area contributed by atoms with E-state index in [-0.39, 0.29) is 11.9 Å². The van der Waals surface area contributed by atoms with Gasteiger partial charge < -0.3 is 9.47 Å². The molecule has 172 valence electrons. The van der Waals surface area contributed by atoms with Crippen LogP contribution in [0.1, 0.15) is 59.4 Å². The average Bonchev–Trinajstić information content (AvgIpc) is 3.53. The van der Waals surface area contributed by atoms with Gasteiger partial charge in [0, 0.05) is 41.1 Å². The second kappa shape index (κ2) is 8.87. The first-order chi connectivity index (χ1) is 16.7. The molecule has 7 heteroatoms. The van der Waals surface area contributed by atoms with Crippen molar-refractivity contribution in [2.24, 2.45) is 0 Å². The molecule has 0 saturated heterocycles. The third-order valence-electron chi connectivity index (χ3n) is 7.02. The normalized spacial score (nSPS) is 17.7. The third-order valence-corrected chi connectivity index (χ3v) is 7.55. The van der Waals surface area contributed by atoms with Crippen LogP contribution in [0.2, 0.25) is 0 Å². The molecule has 2 aromatic heterocycles. The standard InChI is InChI=1S/C27H26BrN5O/c28-21-12-10-20(11-13-21)25-23-24(19-6-2-1-3-7-19)30-33(22-8-4-9-22)26(23)27(34)32(25)16-5-15-31-17-14-29-18-31/h1-3,6-7,10-14,17-18,22,25H,4-5,8-9,15-16H2. The quantitative estimate of drug-likeness (QED) is 0.309. The summed E-state index contributed by atoms with van der Waals surface area (Å²) in [5.74, 6) is 0.0927. The molecule has 6 nitrogen and oxygen atoms in total. The fourth-order valence-corrected chi connectivity index (χ4v) is 5.36. The summed E-state index contributed by atoms with van der Waals surface area (Å²) in [6.45, 7) is 1.50. The van der Waals surface area contributed by atoms with Gasteiger partial charge in [-0.1, -0.05) is 58.4 Å². The van der Waals surface area contributed by atoms with Crippen molar-refractivity contribution in [2.45, 2.75) is 44.3 Å². The van der Waals surface area contributed by atoms with Crippen LogP contribution in [-0.4, -0.2) is 36.7 Å². The Morgan fingerprint density at radius 3 is 2.47 bits per heavy atom. The fourth-order valence-electron chi connectivity index (χ4n) is 5.10. The maximum Gasteiger partial charge on any atom is 0.273 e. The average molecular weight is 516 g/mol. The summed E-state index contributed by atoms with van der Waals surface area (Å²) < 4.78 is 5.14. The predicted molar refractivity (Wildman–Crippen MR) is 134 cm³/mol. The Balaban J connectivity index is 1.45. The minimum atomic E-state index is -0.151. The van der Waals surface area contributed by atoms with E-state index in [1.54, 1.807) is 6.20 Å². The number of fused-ring (bicyclic) bond motifs is 1. The predicted octanol–water partition coefficient (Wildman–Crippen LogP) is 5.87. The van der Waals surface area contributed by atoms with E-state index in [2.05, 4.69) is 61.9 Å². The minimum absolute atomic E-state index is 0.0927. The van der Waals surface area contributed by atoms with Gasteiger partial charge in [-0.25, -0.2) is 4.98 Å². The lowest BCUT2D eigenvalue weighted by Gasteiger charge is -2.29. The Kier molecular flexibility index (Phi) is 5.57. The number of nitrogens with zero attached hydrogens (tertiary/aromatic N) is 5. The molecule has 1 unspecified atom stereocenters. The van der Waals surface area contributed by atoms with Crippen LogP contribution in [0.3, 0.4) is 0 Å². The molecule has 1 atom stereocenters. The molecule has 2 aliphatic rings. The van der Waals surface area contributed by atoms with Crippen molar-refractivity contribution >= 4 is 21.8 Å². The van der Waals surface area contributed by atoms with Gasteiger partial charge in [0.25, 0.3) is 5.91 Å². The Morgan fingerprint density at radius 2 is 1.79 bits per heavy atom. The van der Waals surface area contributed by atoms with Crippen molar-refractivity contribution in [1.29, 1.82) is 0 Å². The topological polar surface area (TPSA) is 56.0 Å². The SMILES string of the molecule is O=C1c2c(c(-c3ccccc3)nn2C2CCC2)C(c2ccc(Br)cc2)N1CCCn1ccnc1. The summed E-state index contributed by atoms with van der Waals surface area (Å²) >= 11 is 3.56. The van der Waals surface area contributed by atoms with Crippen LogP contribution >= 0.6 is 15.9 Å². The number of imidazole rings is 1. The lowest BCUT2D eigenvalue weighted by Crippen LogP contribution is -2.33. The monoisotopic (exact) mass is 515 g/mol. The number of halogens is 1. The summed E-state index contributed by atoms with van der Waals surface area (Å²) in [6.07, 6.45) is 9.80. The van der Waals surface area contributed by atoms with Crippen molar-refractivity contribution in [2.75, 3.05) is 6.54 Å². The Labute approximate surface area is 207 Å². The molecule has 0 N–H and O–H groups in total. The minimum Gasteiger partial charge on any atom is -0.337 e. The van der Waals surface area contributed by atoms with E-state index in [4.69, 9.17) is 5.10 Å². The maximum atomic E-state index is 14.0. The third kappa shape index (κ3) is 3.68. The second-order valence-electron chi connectivity index (χ2n) is 9.11. The zero-order valence-electron chi connectivity index (χ0n) is 18.8. The van der Waals surface area contributed by atoms with Crippen LogP contribution in [0.15, 0.2) is 77.8 Å². The molecule has 4 aromatic rings. The number of carbonyl (C=O) groups is 1. The van der Waals surface area contributed by atoms with Crippen LogP contribution in [0, 0.1) is 0 Å². The molecule has 6 rings (SSSR count). The van der Waals surface area contributed by atoms with Crippen LogP contribution in [0.5, 0.6) is 0 Å². The zero-order valence-corrected chi connectivity index (χ0v) is 20.4. The lowest BCUT2D eigenvalue weighted by molar-refractivity contribution is 0.0728. The molecule has 1 fully saturated rings. The van der Waals surface area contributed by atoms with Crippen LogP contribution in [0.25, 0.3) is 11.3 Å². The highest BCUT2D eigenvalue weighted by Gasteiger charge is 2.45. The van der Waals surface area contributed by atoms with Crippen molar-refractivity contribution in [1.82, 2.24) is 24.2 Å². The summed E-state index contributed by atoms with van der Waals surface area (Å²) in [7, 11) is 0. The number of benzene rings is 2. The van der Waals surface area contributed by atoms with Crippen LogP contribution in [0.4, 0.5) is 0 Å². The highest BCUT2D eigenvalue weighted by atomic mass is 79.9. The maximum absolute atomic E-state index is 14.0. The van der Waals surface area contributed by atoms with Gasteiger partial charge in [-0.15, -0.1) is 0 Å². The number of carbonyl (C=O) groups excluding carboxylic acids is 1. The molecule has 1 aliphatic heterocycles. The number of amides is 1. The number of hydrogen-bond acceptors (Lipinski definition) is 3. The molecule has 0 spiro atoms. The van der Waals surface area contributed by atoms with Crippen molar-refractivity contribution in [3.8, 4) is 11.3 Å². The highest BCUT2D eigenvalue weighted by Crippen LogP contribution is 2.46. The van der Waals surface area contributed by atoms with Gasteiger partial charge >= 0.3 is 0 Å². The summed E-state index contributed by atoms with van der Waals surface area (Å²) in [6, 6.07) is 18.8. The first-order valence-electron chi connectivity index (χ1n) is 11.9. The number of aryl methyl sites for hydroxylation is 1. The molecule has 1 amide bonds. The molecule has 0 radical (unpaired) electrons. The molecule has 34 heavy (non-hydrogen) atoms. The van der Waals surface area contributed by atoms with E-state index in [1.807, 2.05) is 40.3 Å². The summed E-state index contributed by atoms with van der Waals surface area (Å²) in [5, 5.41) is 5.07. The fraction of sp³-hybridized carbons (Fsp3) is 0.296. The van der Waals surface area contributed by atoms with Crippen molar-refractivity contribution in [3.05, 3.63) is 94.6 Å². The first kappa shape index (κ1) is 21.4. The van der Waals surface area contributed by atoms with Gasteiger partial charge in [-0.3, -0.25) is 9.48 Å². The van der Waals surface area contributed by atoms with E-state index in [9.17, 15) is 4.79 Å². The van der Waals surface area contributed by atoms with Crippen molar-refractivity contribution in [3.63, 3.8) is 0 Å². The molecule has 0 bridgehead atoms. The van der Waals surface area contributed by atoms with E-state index in [1.165, 1.54) is 6.42 Å². The Bertz CT molecular complexity index is 1290. The van der Waals surface area contributed by atoms with E-state index in [0.717, 1.165) is 58.4 Å². The number of rotatable bonds is 7. The van der Waals surface area contributed by atoms with Crippen LogP contribution in [-0.2, 0) is 6.54 Å². The molecular weight excluding hydrogens is 490 g/mol. The summed E-state index contributed by atoms with van der Waals surface area (Å²) in [5.41, 5.74) is 4.93. The van der Waals surface area contributed by atoms with E-state index < -0.39 is 0 Å². The second-order valence-corrected chi connectivity index (χ2v) is 10.0. The molecule has 1 aliphatic carbocycles. The number of hydrogen-bond donors (Lipinski definition) is 0. The highest BCUT2D eigenvalue weighted by molar-refractivity contribution is 9.10. The van der Waals surface area contributed by atoms with Gasteiger partial charge in [-0.05, 0) is 43.4 Å². The van der Waals surface area contributed by atoms with Gasteiger partial charge in [0.1, 0.15) is 5.69 Å². The van der Waals surface area contributed by atoms with Crippen LogP contribution < -0.4 is 0 Å². The molecule has 3 heterocycles. The lowest BCUT2D eigenvalue weighted by atomic mass is 9.92. The molecule has 2 aromatic carbocycles. The molecule has 1 saturated carbocycles. The van der Waals surface area contributed by atoms with Gasteiger partial charge in [0.05, 0.1) is 24.1 Å². The largest absolute Gasteiger partial charge is 0.337 e. The van der Waals surface area contributed by atoms with Crippen molar-refractivity contribution < 1.29 is 4.79 Å². The zero-order chi connectivity index (χ0) is 23.1. The summed E-state index contributed by atoms with van der Waals surface area (Å²) in [4.78, 5) is 20.2. The van der Waals surface area contributed by atoms with E-state index in [0.29, 0.717) is 12.6 Å².